The third-order valence-electron chi connectivity index (χ3n) is 5.54. The van der Waals surface area contributed by atoms with Crippen LogP contribution in [0, 0.1) is 0 Å². The van der Waals surface area contributed by atoms with Gasteiger partial charge in [0.2, 0.25) is 5.91 Å². The molecule has 1 aliphatic heterocycles. The highest BCUT2D eigenvalue weighted by atomic mass is 16.5. The Morgan fingerprint density at radius 2 is 2.10 bits per heavy atom. The van der Waals surface area contributed by atoms with Crippen LogP contribution in [0.2, 0.25) is 0 Å². The lowest BCUT2D eigenvalue weighted by molar-refractivity contribution is -0.127. The Morgan fingerprint density at radius 3 is 2.83 bits per heavy atom. The van der Waals surface area contributed by atoms with E-state index in [-0.39, 0.29) is 11.8 Å². The minimum Gasteiger partial charge on any atom is -0.497 e. The summed E-state index contributed by atoms with van der Waals surface area (Å²) < 4.78 is 7.19. The first kappa shape index (κ1) is 19.4. The SMILES string of the molecule is COc1ccc(CNCCn2nc([C@@H]3CCN(C(C)=O)C3)c3cccnc32)cc1. The van der Waals surface area contributed by atoms with Crippen LogP contribution in [-0.4, -0.2) is 52.3 Å². The van der Waals surface area contributed by atoms with Crippen LogP contribution < -0.4 is 10.1 Å². The first-order chi connectivity index (χ1) is 14.2. The number of carbonyl (C=O) groups is 1. The summed E-state index contributed by atoms with van der Waals surface area (Å²) in [7, 11) is 1.67. The maximum absolute atomic E-state index is 11.7. The van der Waals surface area contributed by atoms with Crippen LogP contribution in [0.15, 0.2) is 42.6 Å². The van der Waals surface area contributed by atoms with Gasteiger partial charge in [0.05, 0.1) is 19.3 Å². The molecule has 7 heteroatoms. The van der Waals surface area contributed by atoms with E-state index >= 15 is 0 Å². The lowest BCUT2D eigenvalue weighted by atomic mass is 10.0. The first-order valence-electron chi connectivity index (χ1n) is 10.1. The lowest BCUT2D eigenvalue weighted by Gasteiger charge is -2.12. The molecule has 0 aliphatic carbocycles. The van der Waals surface area contributed by atoms with E-state index in [1.807, 2.05) is 34.0 Å². The quantitative estimate of drug-likeness (QED) is 0.625. The second-order valence-electron chi connectivity index (χ2n) is 7.46. The van der Waals surface area contributed by atoms with Gasteiger partial charge in [-0.25, -0.2) is 9.67 Å². The molecular weight excluding hydrogens is 366 g/mol. The van der Waals surface area contributed by atoms with E-state index in [9.17, 15) is 4.79 Å². The van der Waals surface area contributed by atoms with Crippen molar-refractivity contribution in [3.05, 3.63) is 53.9 Å². The summed E-state index contributed by atoms with van der Waals surface area (Å²) in [6.45, 7) is 5.51. The molecule has 29 heavy (non-hydrogen) atoms. The average molecular weight is 393 g/mol. The minimum absolute atomic E-state index is 0.136. The van der Waals surface area contributed by atoms with E-state index in [2.05, 4.69) is 28.5 Å². The number of aromatic nitrogens is 3. The molecule has 1 amide bonds. The zero-order valence-corrected chi connectivity index (χ0v) is 17.0. The molecule has 0 radical (unpaired) electrons. The third kappa shape index (κ3) is 4.24. The molecule has 7 nitrogen and oxygen atoms in total. The minimum atomic E-state index is 0.136. The van der Waals surface area contributed by atoms with Gasteiger partial charge in [0.25, 0.3) is 0 Å². The molecule has 3 aromatic rings. The largest absolute Gasteiger partial charge is 0.497 e. The van der Waals surface area contributed by atoms with E-state index in [0.717, 1.165) is 61.6 Å². The maximum Gasteiger partial charge on any atom is 0.219 e. The van der Waals surface area contributed by atoms with Gasteiger partial charge in [-0.3, -0.25) is 4.79 Å². The number of pyridine rings is 1. The fourth-order valence-corrected chi connectivity index (χ4v) is 3.92. The number of nitrogens with one attached hydrogen (secondary N) is 1. The van der Waals surface area contributed by atoms with Crippen LogP contribution >= 0.6 is 0 Å². The van der Waals surface area contributed by atoms with Gasteiger partial charge in [-0.15, -0.1) is 0 Å². The number of fused-ring (bicyclic) bond motifs is 1. The molecule has 0 unspecified atom stereocenters. The van der Waals surface area contributed by atoms with Gasteiger partial charge in [-0.1, -0.05) is 12.1 Å². The molecule has 0 bridgehead atoms. The zero-order chi connectivity index (χ0) is 20.2. The number of rotatable bonds is 7. The summed E-state index contributed by atoms with van der Waals surface area (Å²) in [6.07, 6.45) is 2.77. The number of carbonyl (C=O) groups excluding carboxylic acids is 1. The maximum atomic E-state index is 11.7. The van der Waals surface area contributed by atoms with Crippen LogP contribution in [0.3, 0.4) is 0 Å². The number of methoxy groups -OCH3 is 1. The van der Waals surface area contributed by atoms with Crippen molar-refractivity contribution in [2.24, 2.45) is 0 Å². The number of amides is 1. The molecule has 2 aromatic heterocycles. The predicted molar refractivity (Wildman–Crippen MR) is 112 cm³/mol. The summed E-state index contributed by atoms with van der Waals surface area (Å²) in [4.78, 5) is 18.2. The highest BCUT2D eigenvalue weighted by molar-refractivity contribution is 5.79. The summed E-state index contributed by atoms with van der Waals surface area (Å²) in [5.74, 6) is 1.28. The summed E-state index contributed by atoms with van der Waals surface area (Å²) >= 11 is 0. The fourth-order valence-electron chi connectivity index (χ4n) is 3.92. The van der Waals surface area contributed by atoms with Crippen LogP contribution in [0.5, 0.6) is 5.75 Å². The molecule has 1 N–H and O–H groups in total. The number of ether oxygens (including phenoxy) is 1. The average Bonchev–Trinajstić information content (AvgIpc) is 3.37. The Kier molecular flexibility index (Phi) is 5.76. The molecule has 152 valence electrons. The van der Waals surface area contributed by atoms with Crippen molar-refractivity contribution in [3.63, 3.8) is 0 Å². The van der Waals surface area contributed by atoms with Gasteiger partial charge in [0.15, 0.2) is 5.65 Å². The normalized spacial score (nSPS) is 16.5. The highest BCUT2D eigenvalue weighted by Gasteiger charge is 2.29. The summed E-state index contributed by atoms with van der Waals surface area (Å²) in [5.41, 5.74) is 3.19. The lowest BCUT2D eigenvalue weighted by Crippen LogP contribution is -2.25. The van der Waals surface area contributed by atoms with Gasteiger partial charge in [-0.05, 0) is 36.2 Å². The molecule has 1 fully saturated rings. The Labute approximate surface area is 170 Å². The van der Waals surface area contributed by atoms with E-state index in [4.69, 9.17) is 9.84 Å². The number of nitrogens with zero attached hydrogens (tertiary/aromatic N) is 4. The monoisotopic (exact) mass is 393 g/mol. The van der Waals surface area contributed by atoms with Gasteiger partial charge in [0.1, 0.15) is 5.75 Å². The van der Waals surface area contributed by atoms with E-state index in [0.29, 0.717) is 0 Å². The topological polar surface area (TPSA) is 72.3 Å². The van der Waals surface area contributed by atoms with Crippen molar-refractivity contribution in [1.82, 2.24) is 25.0 Å². The molecule has 4 rings (SSSR count). The smallest absolute Gasteiger partial charge is 0.219 e. The van der Waals surface area contributed by atoms with Crippen molar-refractivity contribution in [3.8, 4) is 5.75 Å². The Balaban J connectivity index is 1.42. The third-order valence-corrected chi connectivity index (χ3v) is 5.54. The molecule has 1 aliphatic rings. The highest BCUT2D eigenvalue weighted by Crippen LogP contribution is 2.31. The molecular formula is C22H27N5O2. The van der Waals surface area contributed by atoms with Crippen molar-refractivity contribution in [2.75, 3.05) is 26.7 Å². The number of benzene rings is 1. The van der Waals surface area contributed by atoms with Crippen molar-refractivity contribution in [1.29, 1.82) is 0 Å². The number of likely N-dealkylation sites (tertiary alicyclic amines) is 1. The Morgan fingerprint density at radius 1 is 1.28 bits per heavy atom. The van der Waals surface area contributed by atoms with Crippen LogP contribution in [0.25, 0.3) is 11.0 Å². The van der Waals surface area contributed by atoms with Crippen LogP contribution in [0.4, 0.5) is 0 Å². The molecule has 3 heterocycles. The molecule has 1 atom stereocenters. The van der Waals surface area contributed by atoms with E-state index < -0.39 is 0 Å². The fraction of sp³-hybridized carbons (Fsp3) is 0.409. The second-order valence-corrected chi connectivity index (χ2v) is 7.46. The number of hydrogen-bond donors (Lipinski definition) is 1. The first-order valence-corrected chi connectivity index (χ1v) is 10.1. The number of hydrogen-bond acceptors (Lipinski definition) is 5. The van der Waals surface area contributed by atoms with Gasteiger partial charge in [-0.2, -0.15) is 5.10 Å². The standard InChI is InChI=1S/C22H27N5O2/c1-16(28)26-12-9-18(15-26)21-20-4-3-10-24-22(20)27(25-21)13-11-23-14-17-5-7-19(29-2)8-6-17/h3-8,10,18,23H,9,11-15H2,1-2H3/t18-/m1/s1. The van der Waals surface area contributed by atoms with E-state index in [1.165, 1.54) is 5.56 Å². The second kappa shape index (κ2) is 8.61. The molecule has 0 spiro atoms. The molecule has 0 saturated carbocycles. The van der Waals surface area contributed by atoms with Crippen LogP contribution in [0.1, 0.15) is 30.5 Å². The van der Waals surface area contributed by atoms with Crippen molar-refractivity contribution in [2.45, 2.75) is 32.4 Å². The van der Waals surface area contributed by atoms with Gasteiger partial charge >= 0.3 is 0 Å². The van der Waals surface area contributed by atoms with Crippen LogP contribution in [-0.2, 0) is 17.9 Å². The van der Waals surface area contributed by atoms with Crippen molar-refractivity contribution >= 4 is 16.9 Å². The van der Waals surface area contributed by atoms with Crippen molar-refractivity contribution < 1.29 is 9.53 Å². The van der Waals surface area contributed by atoms with Gasteiger partial charge in [0, 0.05) is 50.6 Å². The zero-order valence-electron chi connectivity index (χ0n) is 17.0. The van der Waals surface area contributed by atoms with Gasteiger partial charge < -0.3 is 15.0 Å². The predicted octanol–water partition coefficient (Wildman–Crippen LogP) is 2.57. The molecule has 1 aromatic carbocycles. The summed E-state index contributed by atoms with van der Waals surface area (Å²) in [6, 6.07) is 12.1. The Hall–Kier alpha value is -2.93. The molecule has 1 saturated heterocycles. The van der Waals surface area contributed by atoms with E-state index in [1.54, 1.807) is 14.0 Å². The Bertz CT molecular complexity index is 983. The summed E-state index contributed by atoms with van der Waals surface area (Å²) in [5, 5.41) is 9.46.